The van der Waals surface area contributed by atoms with Crippen molar-refractivity contribution in [1.29, 1.82) is 0 Å². The minimum Gasteiger partial charge on any atom is -0.376 e. The van der Waals surface area contributed by atoms with Crippen LogP contribution in [0.15, 0.2) is 36.4 Å². The molecule has 0 atom stereocenters. The average molecular weight is 404 g/mol. The summed E-state index contributed by atoms with van der Waals surface area (Å²) in [5.74, 6) is 2.40. The number of benzene rings is 3. The first-order chi connectivity index (χ1) is 14.8. The molecule has 0 unspecified atom stereocenters. The number of para-hydroxylation sites is 1. The second kappa shape index (κ2) is 6.06. The lowest BCUT2D eigenvalue weighted by atomic mass is 9.46. The van der Waals surface area contributed by atoms with Crippen LogP contribution in [0.3, 0.4) is 0 Å². The summed E-state index contributed by atoms with van der Waals surface area (Å²) in [5.41, 5.74) is 20.2. The van der Waals surface area contributed by atoms with E-state index in [1.165, 1.54) is 78.2 Å². The molecular weight excluding hydrogens is 375 g/mol. The van der Waals surface area contributed by atoms with E-state index in [0.717, 1.165) is 6.42 Å². The number of hydrogen-bond acceptors (Lipinski definition) is 2. The van der Waals surface area contributed by atoms with Gasteiger partial charge >= 0.3 is 6.85 Å². The number of anilines is 3. The van der Waals surface area contributed by atoms with Crippen molar-refractivity contribution in [3.05, 3.63) is 80.9 Å². The highest BCUT2D eigenvalue weighted by Crippen LogP contribution is 2.53. The fourth-order valence-electron chi connectivity index (χ4n) is 6.31. The summed E-state index contributed by atoms with van der Waals surface area (Å²) in [6, 6.07) is 9.01. The Labute approximate surface area is 186 Å². The summed E-state index contributed by atoms with van der Waals surface area (Å²) in [7, 11) is 2.20. The van der Waals surface area contributed by atoms with E-state index in [0.29, 0.717) is 0 Å². The van der Waals surface area contributed by atoms with Gasteiger partial charge in [-0.15, -0.1) is 0 Å². The molecule has 0 fully saturated rings. The van der Waals surface area contributed by atoms with Crippen molar-refractivity contribution in [3.63, 3.8) is 0 Å². The molecule has 0 aliphatic carbocycles. The molecule has 6 rings (SSSR count). The molecule has 3 heteroatoms. The monoisotopic (exact) mass is 404 g/mol. The van der Waals surface area contributed by atoms with Crippen LogP contribution in [-0.4, -0.2) is 13.9 Å². The van der Waals surface area contributed by atoms with E-state index in [1.54, 1.807) is 0 Å². The molecule has 154 valence electrons. The van der Waals surface area contributed by atoms with Crippen LogP contribution in [0, 0.1) is 41.5 Å². The molecule has 0 spiro atoms. The van der Waals surface area contributed by atoms with Gasteiger partial charge in [-0.25, -0.2) is 0 Å². The predicted molar refractivity (Wildman–Crippen MR) is 135 cm³/mol. The maximum Gasteiger partial charge on any atom is 0.324 e. The highest BCUT2D eigenvalue weighted by atomic mass is 15.1. The van der Waals surface area contributed by atoms with Crippen LogP contribution < -0.4 is 15.2 Å². The van der Waals surface area contributed by atoms with E-state index in [-0.39, 0.29) is 6.85 Å². The Morgan fingerprint density at radius 3 is 2.19 bits per heavy atom. The molecule has 3 aliphatic rings. The van der Waals surface area contributed by atoms with Gasteiger partial charge in [-0.1, -0.05) is 24.2 Å². The number of hydrogen-bond donors (Lipinski definition) is 0. The summed E-state index contributed by atoms with van der Waals surface area (Å²) in [6.45, 7) is 14.1. The Morgan fingerprint density at radius 1 is 0.742 bits per heavy atom. The second-order valence-corrected chi connectivity index (χ2v) is 9.66. The molecule has 3 aliphatic heterocycles. The van der Waals surface area contributed by atoms with Crippen LogP contribution >= 0.6 is 0 Å². The molecule has 3 aromatic carbocycles. The van der Waals surface area contributed by atoms with Crippen molar-refractivity contribution >= 4 is 29.4 Å². The van der Waals surface area contributed by atoms with Crippen LogP contribution in [0.25, 0.3) is 11.1 Å². The van der Waals surface area contributed by atoms with Gasteiger partial charge in [0.2, 0.25) is 0 Å². The van der Waals surface area contributed by atoms with Crippen molar-refractivity contribution in [2.24, 2.45) is 0 Å². The highest BCUT2D eigenvalue weighted by molar-refractivity contribution is 6.86. The normalized spacial score (nSPS) is 15.1. The largest absolute Gasteiger partial charge is 0.376 e. The van der Waals surface area contributed by atoms with Gasteiger partial charge in [-0.3, -0.25) is 0 Å². The van der Waals surface area contributed by atoms with Gasteiger partial charge in [0, 0.05) is 36.1 Å². The highest BCUT2D eigenvalue weighted by Gasteiger charge is 2.44. The van der Waals surface area contributed by atoms with Crippen molar-refractivity contribution in [2.45, 2.75) is 48.0 Å². The first kappa shape index (κ1) is 18.8. The molecule has 3 heterocycles. The van der Waals surface area contributed by atoms with Crippen LogP contribution in [0.4, 0.5) is 17.1 Å². The quantitative estimate of drug-likeness (QED) is 0.427. The van der Waals surface area contributed by atoms with Crippen molar-refractivity contribution < 1.29 is 0 Å². The van der Waals surface area contributed by atoms with Gasteiger partial charge < -0.3 is 9.71 Å². The predicted octanol–water partition coefficient (Wildman–Crippen LogP) is 5.96. The number of rotatable bonds is 0. The zero-order chi connectivity index (χ0) is 21.8. The van der Waals surface area contributed by atoms with Crippen LogP contribution in [0.2, 0.25) is 0 Å². The molecular formula is C28H29BN2. The summed E-state index contributed by atoms with van der Waals surface area (Å²) in [6.07, 6.45) is 3.29. The molecule has 0 amide bonds. The van der Waals surface area contributed by atoms with E-state index in [1.807, 2.05) is 0 Å². The average Bonchev–Trinajstić information content (AvgIpc) is 2.77. The van der Waals surface area contributed by atoms with Gasteiger partial charge in [0.1, 0.15) is 0 Å². The summed E-state index contributed by atoms with van der Waals surface area (Å²) < 4.78 is 0. The Kier molecular flexibility index (Phi) is 3.68. The fourth-order valence-corrected chi connectivity index (χ4v) is 6.31. The Bertz CT molecular complexity index is 1350. The van der Waals surface area contributed by atoms with Crippen LogP contribution in [-0.2, 0) is 6.42 Å². The zero-order valence-corrected chi connectivity index (χ0v) is 19.6. The standard InChI is InChI=1S/C28H29BN2/c1-15-17(3)22-14-21-10-8-9-11-23(21)31-28(22)25(19(15)5)24-18(4)16(2)20(6)27-26(24)29(31)12-13-30(27)7/h8-13H,14H2,1-7H3. The van der Waals surface area contributed by atoms with Gasteiger partial charge in [-0.05, 0) is 109 Å². The first-order valence-electron chi connectivity index (χ1n) is 11.4. The smallest absolute Gasteiger partial charge is 0.324 e. The third-order valence-corrected chi connectivity index (χ3v) is 8.38. The van der Waals surface area contributed by atoms with Gasteiger partial charge in [-0.2, -0.15) is 0 Å². The molecule has 0 N–H and O–H groups in total. The Morgan fingerprint density at radius 2 is 1.42 bits per heavy atom. The van der Waals surface area contributed by atoms with E-state index >= 15 is 0 Å². The molecule has 31 heavy (non-hydrogen) atoms. The summed E-state index contributed by atoms with van der Waals surface area (Å²) >= 11 is 0. The number of fused-ring (bicyclic) bond motifs is 4. The van der Waals surface area contributed by atoms with E-state index in [4.69, 9.17) is 0 Å². The minimum atomic E-state index is 0.230. The second-order valence-electron chi connectivity index (χ2n) is 9.66. The minimum absolute atomic E-state index is 0.230. The lowest BCUT2D eigenvalue weighted by Gasteiger charge is -2.47. The zero-order valence-electron chi connectivity index (χ0n) is 19.6. The van der Waals surface area contributed by atoms with E-state index in [2.05, 4.69) is 94.7 Å². The van der Waals surface area contributed by atoms with Gasteiger partial charge in [0.15, 0.2) is 0 Å². The maximum absolute atomic E-state index is 2.65. The third kappa shape index (κ3) is 2.14. The lowest BCUT2D eigenvalue weighted by molar-refractivity contribution is 1.06. The van der Waals surface area contributed by atoms with Gasteiger partial charge in [0.25, 0.3) is 0 Å². The van der Waals surface area contributed by atoms with Crippen molar-refractivity contribution in [1.82, 2.24) is 0 Å². The van der Waals surface area contributed by atoms with E-state index in [9.17, 15) is 0 Å². The molecule has 0 saturated carbocycles. The Hall–Kier alpha value is -2.94. The molecule has 2 nitrogen and oxygen atoms in total. The molecule has 3 aromatic rings. The van der Waals surface area contributed by atoms with Crippen molar-refractivity contribution in [2.75, 3.05) is 16.8 Å². The van der Waals surface area contributed by atoms with Crippen LogP contribution in [0.1, 0.15) is 44.5 Å². The SMILES string of the molecule is Cc1c(C)c2c3c(c1C)-c1c(C)c(C)c(C)c4c1B(C=CN4C)N3c1ccccc1C2. The first-order valence-corrected chi connectivity index (χ1v) is 11.4. The molecule has 0 saturated heterocycles. The van der Waals surface area contributed by atoms with Crippen LogP contribution in [0.5, 0.6) is 0 Å². The fraction of sp³-hybridized carbons (Fsp3) is 0.286. The molecule has 0 bridgehead atoms. The van der Waals surface area contributed by atoms with E-state index < -0.39 is 0 Å². The summed E-state index contributed by atoms with van der Waals surface area (Å²) in [4.78, 5) is 4.97. The third-order valence-electron chi connectivity index (χ3n) is 8.38. The summed E-state index contributed by atoms with van der Waals surface area (Å²) in [5, 5.41) is 0. The number of nitrogens with zero attached hydrogens (tertiary/aromatic N) is 2. The molecule has 0 radical (unpaired) electrons. The lowest BCUT2D eigenvalue weighted by Crippen LogP contribution is -2.54. The van der Waals surface area contributed by atoms with Crippen molar-refractivity contribution in [3.8, 4) is 11.1 Å². The Balaban J connectivity index is 1.86. The topological polar surface area (TPSA) is 6.48 Å². The maximum atomic E-state index is 2.65. The molecule has 0 aromatic heterocycles. The van der Waals surface area contributed by atoms with Gasteiger partial charge in [0.05, 0.1) is 0 Å².